The maximum Gasteiger partial charge on any atom is 0.263 e. The molecule has 2 aromatic rings. The second-order valence-electron chi connectivity index (χ2n) is 8.42. The fraction of sp³-hybridized carbons (Fsp3) is 0.600. The van der Waals surface area contributed by atoms with Gasteiger partial charge in [0.1, 0.15) is 5.56 Å². The standard InChI is InChI=1S/C20H26N6O2S/c21-19-22-23-20(29-19)25-10-13-9-14(12-25)16-6-5-15(18(28)26(16)11-13)17(27)24-7-3-1-2-4-8-24/h5-6,13-14H,1-4,7-12H2,(H2,21,22)/t13-,14+/m0/s1. The van der Waals surface area contributed by atoms with Crippen molar-refractivity contribution < 1.29 is 4.79 Å². The van der Waals surface area contributed by atoms with Crippen LogP contribution < -0.4 is 16.2 Å². The van der Waals surface area contributed by atoms with Gasteiger partial charge in [-0.2, -0.15) is 0 Å². The lowest BCUT2D eigenvalue weighted by Gasteiger charge is -2.42. The zero-order valence-corrected chi connectivity index (χ0v) is 17.2. The summed E-state index contributed by atoms with van der Waals surface area (Å²) < 4.78 is 1.86. The quantitative estimate of drug-likeness (QED) is 0.806. The summed E-state index contributed by atoms with van der Waals surface area (Å²) in [6.45, 7) is 3.79. The van der Waals surface area contributed by atoms with Crippen LogP contribution in [0, 0.1) is 5.92 Å². The third-order valence-electron chi connectivity index (χ3n) is 6.43. The first-order valence-electron chi connectivity index (χ1n) is 10.5. The van der Waals surface area contributed by atoms with Gasteiger partial charge in [0.2, 0.25) is 10.3 Å². The van der Waals surface area contributed by atoms with E-state index in [1.54, 1.807) is 6.07 Å². The fourth-order valence-electron chi connectivity index (χ4n) is 5.06. The van der Waals surface area contributed by atoms with E-state index in [1.807, 2.05) is 15.5 Å². The maximum absolute atomic E-state index is 13.2. The molecule has 154 valence electrons. The predicted octanol–water partition coefficient (Wildman–Crippen LogP) is 1.92. The van der Waals surface area contributed by atoms with Crippen LogP contribution in [0.1, 0.15) is 54.1 Å². The molecule has 2 atom stereocenters. The summed E-state index contributed by atoms with van der Waals surface area (Å²) in [5.41, 5.74) is 6.98. The molecule has 2 fully saturated rings. The average Bonchev–Trinajstić information content (AvgIpc) is 2.98. The second-order valence-corrected chi connectivity index (χ2v) is 9.41. The number of nitrogens with zero attached hydrogens (tertiary/aromatic N) is 5. The molecule has 0 saturated carbocycles. The Hall–Kier alpha value is -2.42. The zero-order valence-electron chi connectivity index (χ0n) is 16.4. The molecule has 2 N–H and O–H groups in total. The highest BCUT2D eigenvalue weighted by Crippen LogP contribution is 2.38. The Morgan fingerprint density at radius 1 is 1.07 bits per heavy atom. The number of carbonyl (C=O) groups excluding carboxylic acids is 1. The molecule has 0 unspecified atom stereocenters. The molecule has 29 heavy (non-hydrogen) atoms. The van der Waals surface area contributed by atoms with Gasteiger partial charge in [-0.05, 0) is 37.3 Å². The molecule has 5 heterocycles. The van der Waals surface area contributed by atoms with Crippen molar-refractivity contribution in [2.24, 2.45) is 5.92 Å². The monoisotopic (exact) mass is 414 g/mol. The van der Waals surface area contributed by atoms with Crippen LogP contribution in [-0.4, -0.2) is 51.8 Å². The number of hydrogen-bond acceptors (Lipinski definition) is 7. The average molecular weight is 415 g/mol. The van der Waals surface area contributed by atoms with Crippen LogP contribution in [-0.2, 0) is 6.54 Å². The number of pyridine rings is 1. The fourth-order valence-corrected chi connectivity index (χ4v) is 5.69. The van der Waals surface area contributed by atoms with E-state index in [0.29, 0.717) is 23.2 Å². The van der Waals surface area contributed by atoms with E-state index in [2.05, 4.69) is 15.1 Å². The first-order valence-corrected chi connectivity index (χ1v) is 11.3. The highest BCUT2D eigenvalue weighted by Gasteiger charge is 2.36. The van der Waals surface area contributed by atoms with Crippen molar-refractivity contribution in [3.05, 3.63) is 33.7 Å². The van der Waals surface area contributed by atoms with E-state index in [4.69, 9.17) is 5.73 Å². The summed E-state index contributed by atoms with van der Waals surface area (Å²) in [5, 5.41) is 9.45. The van der Waals surface area contributed by atoms with E-state index in [1.165, 1.54) is 11.3 Å². The van der Waals surface area contributed by atoms with Crippen LogP contribution in [0.2, 0.25) is 0 Å². The van der Waals surface area contributed by atoms with Gasteiger partial charge in [0.25, 0.3) is 11.5 Å². The van der Waals surface area contributed by atoms with Crippen molar-refractivity contribution >= 4 is 27.5 Å². The molecule has 2 saturated heterocycles. The van der Waals surface area contributed by atoms with Crippen molar-refractivity contribution in [2.45, 2.75) is 44.6 Å². The summed E-state index contributed by atoms with van der Waals surface area (Å²) in [6.07, 6.45) is 5.42. The number of amides is 1. The smallest absolute Gasteiger partial charge is 0.263 e. The molecule has 0 radical (unpaired) electrons. The lowest BCUT2D eigenvalue weighted by Crippen LogP contribution is -2.48. The number of piperidine rings is 1. The van der Waals surface area contributed by atoms with Gasteiger partial charge in [0.05, 0.1) is 0 Å². The first-order chi connectivity index (χ1) is 14.1. The SMILES string of the molecule is Nc1nnc(N2C[C@@H]3C[C@H](C2)c2ccc(C(=O)N4CCCCCC4)c(=O)n2C3)s1. The van der Waals surface area contributed by atoms with Crippen LogP contribution >= 0.6 is 11.3 Å². The van der Waals surface area contributed by atoms with Crippen molar-refractivity contribution in [3.63, 3.8) is 0 Å². The number of aromatic nitrogens is 3. The van der Waals surface area contributed by atoms with E-state index < -0.39 is 0 Å². The van der Waals surface area contributed by atoms with Crippen molar-refractivity contribution in [3.8, 4) is 0 Å². The third kappa shape index (κ3) is 3.41. The highest BCUT2D eigenvalue weighted by atomic mass is 32.1. The molecule has 3 aliphatic rings. The van der Waals surface area contributed by atoms with E-state index >= 15 is 0 Å². The van der Waals surface area contributed by atoms with Crippen LogP contribution in [0.5, 0.6) is 0 Å². The first kappa shape index (κ1) is 18.6. The number of hydrogen-bond donors (Lipinski definition) is 1. The normalized spacial score (nSPS) is 24.1. The summed E-state index contributed by atoms with van der Waals surface area (Å²) in [7, 11) is 0. The summed E-state index contributed by atoms with van der Waals surface area (Å²) in [5.74, 6) is 0.504. The van der Waals surface area contributed by atoms with Gasteiger partial charge in [-0.25, -0.2) is 0 Å². The number of nitrogens with two attached hydrogens (primary N) is 1. The summed E-state index contributed by atoms with van der Waals surface area (Å²) >= 11 is 1.40. The highest BCUT2D eigenvalue weighted by molar-refractivity contribution is 7.18. The molecule has 2 bridgehead atoms. The minimum atomic E-state index is -0.125. The van der Waals surface area contributed by atoms with Crippen LogP contribution in [0.3, 0.4) is 0 Å². The molecule has 0 aliphatic carbocycles. The molecular weight excluding hydrogens is 388 g/mol. The van der Waals surface area contributed by atoms with Gasteiger partial charge in [0.15, 0.2) is 0 Å². The van der Waals surface area contributed by atoms with Gasteiger partial charge in [-0.3, -0.25) is 9.59 Å². The summed E-state index contributed by atoms with van der Waals surface area (Å²) in [4.78, 5) is 30.4. The molecule has 0 spiro atoms. The van der Waals surface area contributed by atoms with Crippen LogP contribution in [0.15, 0.2) is 16.9 Å². The lowest BCUT2D eigenvalue weighted by molar-refractivity contribution is 0.0758. The number of carbonyl (C=O) groups is 1. The van der Waals surface area contributed by atoms with Crippen molar-refractivity contribution in [1.82, 2.24) is 19.7 Å². The molecule has 9 heteroatoms. The van der Waals surface area contributed by atoms with E-state index in [-0.39, 0.29) is 17.4 Å². The topological polar surface area (TPSA) is 97.3 Å². The molecule has 0 aromatic carbocycles. The minimum Gasteiger partial charge on any atom is -0.374 e. The Morgan fingerprint density at radius 3 is 2.59 bits per heavy atom. The molecule has 1 amide bonds. The Labute approximate surface area is 173 Å². The van der Waals surface area contributed by atoms with Gasteiger partial charge in [-0.1, -0.05) is 24.2 Å². The third-order valence-corrected chi connectivity index (χ3v) is 7.24. The largest absolute Gasteiger partial charge is 0.374 e. The maximum atomic E-state index is 13.2. The molecule has 2 aromatic heterocycles. The number of anilines is 2. The Bertz CT molecular complexity index is 978. The van der Waals surface area contributed by atoms with Crippen LogP contribution in [0.4, 0.5) is 10.3 Å². The van der Waals surface area contributed by atoms with Crippen LogP contribution in [0.25, 0.3) is 0 Å². The number of rotatable bonds is 2. The Morgan fingerprint density at radius 2 is 1.86 bits per heavy atom. The van der Waals surface area contributed by atoms with Crippen molar-refractivity contribution in [2.75, 3.05) is 36.8 Å². The molecule has 3 aliphatic heterocycles. The second kappa shape index (κ2) is 7.44. The van der Waals surface area contributed by atoms with Gasteiger partial charge < -0.3 is 20.1 Å². The van der Waals surface area contributed by atoms with Crippen molar-refractivity contribution in [1.29, 1.82) is 0 Å². The number of nitrogen functional groups attached to an aromatic ring is 1. The Balaban J connectivity index is 1.42. The minimum absolute atomic E-state index is 0.103. The van der Waals surface area contributed by atoms with Gasteiger partial charge >= 0.3 is 0 Å². The number of likely N-dealkylation sites (tertiary alicyclic amines) is 1. The molecule has 8 nitrogen and oxygen atoms in total. The lowest BCUT2D eigenvalue weighted by atomic mass is 9.83. The van der Waals surface area contributed by atoms with E-state index in [0.717, 1.165) is 69.1 Å². The molecular formula is C20H26N6O2S. The molecule has 5 rings (SSSR count). The van der Waals surface area contributed by atoms with E-state index in [9.17, 15) is 9.59 Å². The Kier molecular flexibility index (Phi) is 4.77. The number of fused-ring (bicyclic) bond motifs is 4. The predicted molar refractivity (Wildman–Crippen MR) is 112 cm³/mol. The zero-order chi connectivity index (χ0) is 20.0. The van der Waals surface area contributed by atoms with Gasteiger partial charge in [-0.15, -0.1) is 10.2 Å². The summed E-state index contributed by atoms with van der Waals surface area (Å²) in [6, 6.07) is 3.74. The van der Waals surface area contributed by atoms with Gasteiger partial charge in [0, 0.05) is 44.3 Å².